The molecule has 7 nitrogen and oxygen atoms in total. The van der Waals surface area contributed by atoms with Crippen LogP contribution in [0.5, 0.6) is 0 Å². The molecule has 1 atom stereocenters. The highest BCUT2D eigenvalue weighted by Crippen LogP contribution is 2.37. The van der Waals surface area contributed by atoms with E-state index in [4.69, 9.17) is 9.47 Å². The Morgan fingerprint density at radius 1 is 1.00 bits per heavy atom. The molecule has 3 saturated heterocycles. The molecule has 0 radical (unpaired) electrons. The molecule has 3 fully saturated rings. The van der Waals surface area contributed by atoms with Crippen molar-refractivity contribution in [3.8, 4) is 0 Å². The van der Waals surface area contributed by atoms with Crippen molar-refractivity contribution < 1.29 is 19.1 Å². The molecule has 5 rings (SSSR count). The lowest BCUT2D eigenvalue weighted by Crippen LogP contribution is -2.55. The van der Waals surface area contributed by atoms with Gasteiger partial charge in [-0.1, -0.05) is 60.7 Å². The molecule has 3 aliphatic heterocycles. The number of carbonyl (C=O) groups excluding carboxylic acids is 2. The highest BCUT2D eigenvalue weighted by Gasteiger charge is 2.51. The Bertz CT molecular complexity index is 944. The lowest BCUT2D eigenvalue weighted by atomic mass is 9.91. The molecule has 168 valence electrons. The van der Waals surface area contributed by atoms with E-state index in [0.29, 0.717) is 13.1 Å². The Morgan fingerprint density at radius 3 is 2.34 bits per heavy atom. The maximum Gasteiger partial charge on any atom is 0.410 e. The second-order valence-electron chi connectivity index (χ2n) is 8.96. The number of fused-ring (bicyclic) bond motifs is 1. The third-order valence-electron chi connectivity index (χ3n) is 6.69. The van der Waals surface area contributed by atoms with Crippen LogP contribution in [0.1, 0.15) is 24.0 Å². The van der Waals surface area contributed by atoms with Crippen LogP contribution in [0.2, 0.25) is 0 Å². The molecule has 1 spiro atoms. The standard InChI is InChI=1S/C25H29N3O4/c29-22-16-27(24(30)31-18-21-9-5-2-6-10-21)17-23-28(22)19-25(32-23)11-13-26(14-12-25)15-20-7-3-1-4-8-20/h1-10,23H,11-19H2. The Morgan fingerprint density at radius 2 is 1.66 bits per heavy atom. The number of likely N-dealkylation sites (tertiary alicyclic amines) is 1. The summed E-state index contributed by atoms with van der Waals surface area (Å²) in [6.45, 7) is 4.02. The van der Waals surface area contributed by atoms with Gasteiger partial charge in [0.25, 0.3) is 0 Å². The Kier molecular flexibility index (Phi) is 5.85. The summed E-state index contributed by atoms with van der Waals surface area (Å²) in [6, 6.07) is 20.0. The zero-order valence-electron chi connectivity index (χ0n) is 18.2. The number of carbonyl (C=O) groups is 2. The fraction of sp³-hybridized carbons (Fsp3) is 0.440. The monoisotopic (exact) mass is 435 g/mol. The molecule has 7 heteroatoms. The molecule has 0 bridgehead atoms. The summed E-state index contributed by atoms with van der Waals surface area (Å²) >= 11 is 0. The molecule has 2 aromatic rings. The number of piperazine rings is 1. The SMILES string of the molecule is O=C(OCc1ccccc1)N1CC(=O)N2CC3(CCN(Cc4ccccc4)CC3)OC2C1. The van der Waals surface area contributed by atoms with E-state index >= 15 is 0 Å². The molecule has 32 heavy (non-hydrogen) atoms. The first-order valence-electron chi connectivity index (χ1n) is 11.3. The molecular formula is C25H29N3O4. The molecule has 0 N–H and O–H groups in total. The number of hydrogen-bond donors (Lipinski definition) is 0. The highest BCUT2D eigenvalue weighted by atomic mass is 16.6. The van der Waals surface area contributed by atoms with Gasteiger partial charge in [0.15, 0.2) is 6.23 Å². The van der Waals surface area contributed by atoms with Gasteiger partial charge in [-0.15, -0.1) is 0 Å². The van der Waals surface area contributed by atoms with Crippen molar-refractivity contribution in [2.24, 2.45) is 0 Å². The van der Waals surface area contributed by atoms with E-state index < -0.39 is 6.09 Å². The molecule has 3 aliphatic rings. The smallest absolute Gasteiger partial charge is 0.410 e. The Balaban J connectivity index is 1.15. The molecule has 2 amide bonds. The van der Waals surface area contributed by atoms with E-state index in [-0.39, 0.29) is 30.9 Å². The zero-order valence-corrected chi connectivity index (χ0v) is 18.2. The van der Waals surface area contributed by atoms with Crippen LogP contribution < -0.4 is 0 Å². The van der Waals surface area contributed by atoms with E-state index in [1.807, 2.05) is 41.3 Å². The number of nitrogens with zero attached hydrogens (tertiary/aromatic N) is 3. The van der Waals surface area contributed by atoms with Crippen molar-refractivity contribution in [2.45, 2.75) is 37.8 Å². The second kappa shape index (κ2) is 8.92. The summed E-state index contributed by atoms with van der Waals surface area (Å²) in [7, 11) is 0. The summed E-state index contributed by atoms with van der Waals surface area (Å²) in [5, 5.41) is 0. The van der Waals surface area contributed by atoms with Crippen molar-refractivity contribution in [3.63, 3.8) is 0 Å². The maximum absolute atomic E-state index is 12.8. The van der Waals surface area contributed by atoms with Crippen molar-refractivity contribution in [3.05, 3.63) is 71.8 Å². The van der Waals surface area contributed by atoms with E-state index in [1.54, 1.807) is 0 Å². The lowest BCUT2D eigenvalue weighted by molar-refractivity contribution is -0.148. The van der Waals surface area contributed by atoms with Gasteiger partial charge in [-0.2, -0.15) is 0 Å². The minimum Gasteiger partial charge on any atom is -0.445 e. The van der Waals surface area contributed by atoms with Crippen molar-refractivity contribution in [1.29, 1.82) is 0 Å². The van der Waals surface area contributed by atoms with Crippen molar-refractivity contribution >= 4 is 12.0 Å². The fourth-order valence-electron chi connectivity index (χ4n) is 4.88. The Labute approximate surface area is 188 Å². The quantitative estimate of drug-likeness (QED) is 0.739. The number of hydrogen-bond acceptors (Lipinski definition) is 5. The summed E-state index contributed by atoms with van der Waals surface area (Å²) < 4.78 is 11.9. The fourth-order valence-corrected chi connectivity index (χ4v) is 4.88. The van der Waals surface area contributed by atoms with Crippen LogP contribution in [-0.2, 0) is 27.4 Å². The first kappa shape index (κ1) is 21.0. The summed E-state index contributed by atoms with van der Waals surface area (Å²) in [4.78, 5) is 31.1. The van der Waals surface area contributed by atoms with Crippen LogP contribution in [0, 0.1) is 0 Å². The maximum atomic E-state index is 12.8. The van der Waals surface area contributed by atoms with Gasteiger partial charge >= 0.3 is 6.09 Å². The van der Waals surface area contributed by atoms with Crippen LogP contribution in [0.25, 0.3) is 0 Å². The van der Waals surface area contributed by atoms with Crippen LogP contribution in [-0.4, -0.2) is 71.3 Å². The number of piperidine rings is 1. The van der Waals surface area contributed by atoms with Crippen LogP contribution in [0.15, 0.2) is 60.7 Å². The van der Waals surface area contributed by atoms with Crippen LogP contribution >= 0.6 is 0 Å². The normalized spacial score (nSPS) is 22.8. The van der Waals surface area contributed by atoms with Crippen molar-refractivity contribution in [2.75, 3.05) is 32.7 Å². The summed E-state index contributed by atoms with van der Waals surface area (Å²) in [5.74, 6) is -0.0681. The minimum atomic E-state index is -0.468. The van der Waals surface area contributed by atoms with E-state index in [0.717, 1.165) is 38.0 Å². The zero-order chi connectivity index (χ0) is 22.0. The minimum absolute atomic E-state index is 0.0453. The highest BCUT2D eigenvalue weighted by molar-refractivity contribution is 5.84. The molecule has 0 aromatic heterocycles. The van der Waals surface area contributed by atoms with E-state index in [2.05, 4.69) is 29.2 Å². The number of benzene rings is 2. The molecule has 1 unspecified atom stereocenters. The molecule has 3 heterocycles. The predicted octanol–water partition coefficient (Wildman–Crippen LogP) is 2.86. The molecule has 2 aromatic carbocycles. The van der Waals surface area contributed by atoms with Gasteiger partial charge in [-0.05, 0) is 24.0 Å². The van der Waals surface area contributed by atoms with Crippen LogP contribution in [0.4, 0.5) is 4.79 Å². The van der Waals surface area contributed by atoms with Gasteiger partial charge in [-0.25, -0.2) is 4.79 Å². The van der Waals surface area contributed by atoms with Gasteiger partial charge in [0.1, 0.15) is 13.2 Å². The molecular weight excluding hydrogens is 406 g/mol. The Hall–Kier alpha value is -2.90. The third kappa shape index (κ3) is 4.49. The van der Waals surface area contributed by atoms with Crippen LogP contribution in [0.3, 0.4) is 0 Å². The number of amides is 2. The van der Waals surface area contributed by atoms with Crippen molar-refractivity contribution in [1.82, 2.24) is 14.7 Å². The first-order valence-corrected chi connectivity index (χ1v) is 11.3. The van der Waals surface area contributed by atoms with E-state index in [9.17, 15) is 9.59 Å². The molecule has 0 aliphatic carbocycles. The predicted molar refractivity (Wildman–Crippen MR) is 118 cm³/mol. The largest absolute Gasteiger partial charge is 0.445 e. The third-order valence-corrected chi connectivity index (χ3v) is 6.69. The number of rotatable bonds is 4. The summed E-state index contributed by atoms with van der Waals surface area (Å²) in [6.07, 6.45) is 0.919. The summed E-state index contributed by atoms with van der Waals surface area (Å²) in [5.41, 5.74) is 1.93. The number of ether oxygens (including phenoxy) is 2. The average molecular weight is 436 g/mol. The first-order chi connectivity index (χ1) is 15.6. The van der Waals surface area contributed by atoms with E-state index in [1.165, 1.54) is 10.5 Å². The lowest BCUT2D eigenvalue weighted by Gasteiger charge is -2.38. The van der Waals surface area contributed by atoms with Gasteiger partial charge in [-0.3, -0.25) is 14.6 Å². The van der Waals surface area contributed by atoms with Gasteiger partial charge in [0.2, 0.25) is 5.91 Å². The van der Waals surface area contributed by atoms with Gasteiger partial charge in [0, 0.05) is 19.6 Å². The second-order valence-corrected chi connectivity index (χ2v) is 8.96. The van der Waals surface area contributed by atoms with Gasteiger partial charge in [0.05, 0.1) is 18.7 Å². The average Bonchev–Trinajstić information content (AvgIpc) is 3.19. The topological polar surface area (TPSA) is 62.3 Å². The molecule has 0 saturated carbocycles. The van der Waals surface area contributed by atoms with Gasteiger partial charge < -0.3 is 14.4 Å².